The van der Waals surface area contributed by atoms with E-state index in [-0.39, 0.29) is 43.0 Å². The SMILES string of the molecule is CC1/C=C/[C@H](OC(=O)N2CCN(C)CC2)[C@@H](C)CC[C@@H](O)CC(=O)OC1. The van der Waals surface area contributed by atoms with E-state index in [4.69, 9.17) is 9.47 Å². The molecule has 7 nitrogen and oxygen atoms in total. The Morgan fingerprint density at radius 2 is 1.88 bits per heavy atom. The van der Waals surface area contributed by atoms with Crippen molar-refractivity contribution in [1.29, 1.82) is 0 Å². The third-order valence-corrected chi connectivity index (χ3v) is 5.05. The molecule has 2 aliphatic heterocycles. The second-order valence-electron chi connectivity index (χ2n) is 7.60. The summed E-state index contributed by atoms with van der Waals surface area (Å²) in [6, 6.07) is 0. The molecule has 0 bridgehead atoms. The van der Waals surface area contributed by atoms with Crippen molar-refractivity contribution in [3.63, 3.8) is 0 Å². The van der Waals surface area contributed by atoms with E-state index < -0.39 is 6.10 Å². The van der Waals surface area contributed by atoms with Gasteiger partial charge in [0, 0.05) is 32.1 Å². The van der Waals surface area contributed by atoms with Crippen molar-refractivity contribution < 1.29 is 24.2 Å². The van der Waals surface area contributed by atoms with Crippen molar-refractivity contribution in [2.75, 3.05) is 39.8 Å². The molecule has 4 atom stereocenters. The molecule has 0 radical (unpaired) electrons. The lowest BCUT2D eigenvalue weighted by atomic mass is 9.94. The first kappa shape index (κ1) is 20.7. The molecule has 0 aromatic rings. The lowest BCUT2D eigenvalue weighted by molar-refractivity contribution is -0.146. The lowest BCUT2D eigenvalue weighted by Gasteiger charge is -2.33. The zero-order valence-electron chi connectivity index (χ0n) is 16.1. The first-order valence-corrected chi connectivity index (χ1v) is 9.51. The summed E-state index contributed by atoms with van der Waals surface area (Å²) >= 11 is 0. The van der Waals surface area contributed by atoms with E-state index in [9.17, 15) is 14.7 Å². The Hall–Kier alpha value is -1.60. The summed E-state index contributed by atoms with van der Waals surface area (Å²) in [5.41, 5.74) is 0. The van der Waals surface area contributed by atoms with Gasteiger partial charge in [0.05, 0.1) is 19.1 Å². The third-order valence-electron chi connectivity index (χ3n) is 5.05. The number of aliphatic hydroxyl groups excluding tert-OH is 1. The zero-order chi connectivity index (χ0) is 19.1. The van der Waals surface area contributed by atoms with Crippen LogP contribution in [0.3, 0.4) is 0 Å². The van der Waals surface area contributed by atoms with Gasteiger partial charge in [-0.3, -0.25) is 4.79 Å². The highest BCUT2D eigenvalue weighted by Gasteiger charge is 2.26. The molecule has 2 heterocycles. The Balaban J connectivity index is 2.01. The van der Waals surface area contributed by atoms with E-state index in [1.165, 1.54) is 0 Å². The van der Waals surface area contributed by atoms with Gasteiger partial charge < -0.3 is 24.4 Å². The second kappa shape index (κ2) is 9.92. The molecule has 7 heteroatoms. The van der Waals surface area contributed by atoms with Gasteiger partial charge in [-0.15, -0.1) is 0 Å². The lowest BCUT2D eigenvalue weighted by Crippen LogP contribution is -2.48. The molecule has 1 N–H and O–H groups in total. The fraction of sp³-hybridized carbons (Fsp3) is 0.789. The highest BCUT2D eigenvalue weighted by molar-refractivity contribution is 5.70. The van der Waals surface area contributed by atoms with Crippen LogP contribution >= 0.6 is 0 Å². The molecule has 0 aromatic carbocycles. The third kappa shape index (κ3) is 6.61. The average molecular weight is 368 g/mol. The van der Waals surface area contributed by atoms with Crippen molar-refractivity contribution in [1.82, 2.24) is 9.80 Å². The topological polar surface area (TPSA) is 79.3 Å². The quantitative estimate of drug-likeness (QED) is 0.560. The van der Waals surface area contributed by atoms with E-state index in [0.29, 0.717) is 25.9 Å². The molecule has 0 aromatic heterocycles. The molecular weight excluding hydrogens is 336 g/mol. The summed E-state index contributed by atoms with van der Waals surface area (Å²) < 4.78 is 11.0. The van der Waals surface area contributed by atoms with Crippen LogP contribution in [0.5, 0.6) is 0 Å². The van der Waals surface area contributed by atoms with Crippen LogP contribution in [0.2, 0.25) is 0 Å². The molecule has 1 amide bonds. The number of likely N-dealkylation sites (N-methyl/N-ethyl adjacent to an activating group) is 1. The molecule has 148 valence electrons. The number of hydrogen-bond acceptors (Lipinski definition) is 6. The minimum absolute atomic E-state index is 0.00883. The molecule has 0 spiro atoms. The number of piperazine rings is 1. The highest BCUT2D eigenvalue weighted by Crippen LogP contribution is 2.21. The van der Waals surface area contributed by atoms with Gasteiger partial charge in [-0.1, -0.05) is 19.9 Å². The maximum absolute atomic E-state index is 12.5. The summed E-state index contributed by atoms with van der Waals surface area (Å²) in [4.78, 5) is 28.1. The fourth-order valence-electron chi connectivity index (χ4n) is 3.08. The molecule has 0 saturated carbocycles. The van der Waals surface area contributed by atoms with Gasteiger partial charge in [-0.05, 0) is 31.9 Å². The van der Waals surface area contributed by atoms with Crippen molar-refractivity contribution in [2.24, 2.45) is 11.8 Å². The van der Waals surface area contributed by atoms with Crippen LogP contribution in [-0.4, -0.2) is 79.0 Å². The summed E-state index contributed by atoms with van der Waals surface area (Å²) in [5.74, 6) is -0.295. The van der Waals surface area contributed by atoms with E-state index in [1.807, 2.05) is 33.0 Å². The number of amides is 1. The van der Waals surface area contributed by atoms with Gasteiger partial charge in [0.2, 0.25) is 0 Å². The number of ether oxygens (including phenoxy) is 2. The predicted octanol–water partition coefficient (Wildman–Crippen LogP) is 1.66. The predicted molar refractivity (Wildman–Crippen MR) is 97.6 cm³/mol. The molecule has 0 aliphatic carbocycles. The normalized spacial score (nSPS) is 33.5. The number of aliphatic hydroxyl groups is 1. The maximum atomic E-state index is 12.5. The number of nitrogens with zero attached hydrogens (tertiary/aromatic N) is 2. The van der Waals surface area contributed by atoms with Crippen LogP contribution < -0.4 is 0 Å². The van der Waals surface area contributed by atoms with Crippen LogP contribution in [0.4, 0.5) is 4.79 Å². The van der Waals surface area contributed by atoms with Crippen molar-refractivity contribution >= 4 is 12.1 Å². The molecule has 2 rings (SSSR count). The van der Waals surface area contributed by atoms with Gasteiger partial charge in [0.1, 0.15) is 6.10 Å². The van der Waals surface area contributed by atoms with Crippen LogP contribution in [0.25, 0.3) is 0 Å². The van der Waals surface area contributed by atoms with Crippen molar-refractivity contribution in [3.8, 4) is 0 Å². The van der Waals surface area contributed by atoms with Crippen LogP contribution in [0, 0.1) is 11.8 Å². The fourth-order valence-corrected chi connectivity index (χ4v) is 3.08. The van der Waals surface area contributed by atoms with Crippen molar-refractivity contribution in [2.45, 2.75) is 45.3 Å². The smallest absolute Gasteiger partial charge is 0.410 e. The van der Waals surface area contributed by atoms with E-state index in [2.05, 4.69) is 4.90 Å². The molecule has 1 unspecified atom stereocenters. The number of rotatable bonds is 1. The van der Waals surface area contributed by atoms with Gasteiger partial charge in [-0.25, -0.2) is 4.79 Å². The Bertz CT molecular complexity index is 502. The van der Waals surface area contributed by atoms with Crippen LogP contribution in [-0.2, 0) is 14.3 Å². The number of hydrogen-bond donors (Lipinski definition) is 1. The Kier molecular flexibility index (Phi) is 7.90. The van der Waals surface area contributed by atoms with Crippen molar-refractivity contribution in [3.05, 3.63) is 12.2 Å². The molecule has 26 heavy (non-hydrogen) atoms. The molecular formula is C19H32N2O5. The van der Waals surface area contributed by atoms with Gasteiger partial charge in [0.25, 0.3) is 0 Å². The second-order valence-corrected chi connectivity index (χ2v) is 7.60. The largest absolute Gasteiger partial charge is 0.465 e. The standard InChI is InChI=1S/C19H32N2O5/c1-14-4-7-17(26-19(24)21-10-8-20(3)9-11-21)15(2)5-6-16(22)12-18(23)25-13-14/h4,7,14-17,22H,5-6,8-13H2,1-3H3/b7-4+/t14?,15-,16+,17-/m0/s1. The first-order valence-electron chi connectivity index (χ1n) is 9.51. The summed E-state index contributed by atoms with van der Waals surface area (Å²) in [5, 5.41) is 10.0. The molecule has 1 saturated heterocycles. The van der Waals surface area contributed by atoms with Gasteiger partial charge in [0.15, 0.2) is 0 Å². The number of carbonyl (C=O) groups is 2. The van der Waals surface area contributed by atoms with Crippen LogP contribution in [0.1, 0.15) is 33.1 Å². The van der Waals surface area contributed by atoms with Gasteiger partial charge in [-0.2, -0.15) is 0 Å². The summed E-state index contributed by atoms with van der Waals surface area (Å²) in [6.07, 6.45) is 3.61. The highest BCUT2D eigenvalue weighted by atomic mass is 16.6. The monoisotopic (exact) mass is 368 g/mol. The minimum atomic E-state index is -0.724. The average Bonchev–Trinajstić information content (AvgIpc) is 2.61. The summed E-state index contributed by atoms with van der Waals surface area (Å²) in [7, 11) is 2.04. The molecule has 1 fully saturated rings. The van der Waals surface area contributed by atoms with Crippen LogP contribution in [0.15, 0.2) is 12.2 Å². The number of cyclic esters (lactones) is 1. The maximum Gasteiger partial charge on any atom is 0.410 e. The van der Waals surface area contributed by atoms with E-state index in [1.54, 1.807) is 4.90 Å². The summed E-state index contributed by atoms with van der Waals surface area (Å²) in [6.45, 7) is 7.25. The van der Waals surface area contributed by atoms with E-state index in [0.717, 1.165) is 13.1 Å². The Morgan fingerprint density at radius 3 is 2.58 bits per heavy atom. The first-order chi connectivity index (χ1) is 12.3. The zero-order valence-corrected chi connectivity index (χ0v) is 16.1. The van der Waals surface area contributed by atoms with Gasteiger partial charge >= 0.3 is 12.1 Å². The molecule has 2 aliphatic rings. The number of esters is 1. The Labute approximate surface area is 155 Å². The minimum Gasteiger partial charge on any atom is -0.465 e. The number of carbonyl (C=O) groups excluding carboxylic acids is 2. The van der Waals surface area contributed by atoms with E-state index >= 15 is 0 Å². The Morgan fingerprint density at radius 1 is 1.19 bits per heavy atom.